The number of halogens is 4. The van der Waals surface area contributed by atoms with E-state index in [1.54, 1.807) is 12.1 Å². The first-order chi connectivity index (χ1) is 14.3. The molecule has 0 radical (unpaired) electrons. The monoisotopic (exact) mass is 452 g/mol. The lowest BCUT2D eigenvalue weighted by Gasteiger charge is -2.11. The van der Waals surface area contributed by atoms with Crippen molar-refractivity contribution in [1.29, 1.82) is 0 Å². The van der Waals surface area contributed by atoms with Crippen molar-refractivity contribution in [3.8, 4) is 11.3 Å². The van der Waals surface area contributed by atoms with Crippen molar-refractivity contribution < 1.29 is 23.1 Å². The van der Waals surface area contributed by atoms with Crippen molar-refractivity contribution in [2.24, 2.45) is 0 Å². The number of nitrogens with zero attached hydrogens (tertiary/aromatic N) is 4. The zero-order chi connectivity index (χ0) is 21.5. The van der Waals surface area contributed by atoms with E-state index >= 15 is 0 Å². The summed E-state index contributed by atoms with van der Waals surface area (Å²) in [5, 5.41) is 17.9. The van der Waals surface area contributed by atoms with E-state index in [1.807, 2.05) is 6.92 Å². The van der Waals surface area contributed by atoms with Crippen molar-refractivity contribution >= 4 is 35.5 Å². The zero-order valence-electron chi connectivity index (χ0n) is 15.9. The van der Waals surface area contributed by atoms with Crippen molar-refractivity contribution in [1.82, 2.24) is 24.6 Å². The van der Waals surface area contributed by atoms with Crippen LogP contribution < -0.4 is 5.32 Å². The molecule has 3 heterocycles. The molecule has 0 spiro atoms. The molecule has 0 amide bonds. The number of benzene rings is 1. The van der Waals surface area contributed by atoms with E-state index in [9.17, 15) is 23.1 Å². The molecular formula is C19H16ClF3N6O2. The highest BCUT2D eigenvalue weighted by Crippen LogP contribution is 2.36. The van der Waals surface area contributed by atoms with Crippen LogP contribution in [0.2, 0.25) is 0 Å². The van der Waals surface area contributed by atoms with Gasteiger partial charge >= 0.3 is 12.1 Å². The number of aromatic amines is 1. The predicted octanol–water partition coefficient (Wildman–Crippen LogP) is 4.56. The first-order valence-corrected chi connectivity index (χ1v) is 8.86. The van der Waals surface area contributed by atoms with Gasteiger partial charge in [-0.3, -0.25) is 9.50 Å². The van der Waals surface area contributed by atoms with Gasteiger partial charge in [0.1, 0.15) is 0 Å². The molecule has 4 rings (SSSR count). The van der Waals surface area contributed by atoms with E-state index in [0.717, 1.165) is 6.20 Å². The summed E-state index contributed by atoms with van der Waals surface area (Å²) >= 11 is 0. The molecule has 1 aromatic carbocycles. The van der Waals surface area contributed by atoms with E-state index < -0.39 is 17.8 Å². The molecule has 0 aliphatic rings. The largest absolute Gasteiger partial charge is 0.478 e. The smallest absolute Gasteiger partial charge is 0.435 e. The van der Waals surface area contributed by atoms with E-state index in [2.05, 4.69) is 25.5 Å². The molecule has 4 aromatic rings. The summed E-state index contributed by atoms with van der Waals surface area (Å²) in [6, 6.07) is 4.77. The van der Waals surface area contributed by atoms with Gasteiger partial charge in [-0.25, -0.2) is 14.8 Å². The highest BCUT2D eigenvalue weighted by Gasteiger charge is 2.37. The minimum Gasteiger partial charge on any atom is -0.478 e. The van der Waals surface area contributed by atoms with Crippen LogP contribution in [0.3, 0.4) is 0 Å². The number of imidazole rings is 1. The molecule has 162 valence electrons. The lowest BCUT2D eigenvalue weighted by atomic mass is 10.0. The van der Waals surface area contributed by atoms with E-state index in [0.29, 0.717) is 29.1 Å². The second-order valence-corrected chi connectivity index (χ2v) is 6.41. The second-order valence-electron chi connectivity index (χ2n) is 6.41. The molecule has 0 aliphatic heterocycles. The fourth-order valence-electron chi connectivity index (χ4n) is 3.22. The van der Waals surface area contributed by atoms with Gasteiger partial charge in [-0.2, -0.15) is 18.3 Å². The highest BCUT2D eigenvalue weighted by atomic mass is 35.5. The van der Waals surface area contributed by atoms with Crippen LogP contribution in [-0.2, 0) is 12.6 Å². The molecule has 0 saturated heterocycles. The maximum Gasteiger partial charge on any atom is 0.435 e. The number of aromatic carboxylic acids is 1. The summed E-state index contributed by atoms with van der Waals surface area (Å²) in [4.78, 5) is 19.7. The third-order valence-corrected chi connectivity index (χ3v) is 4.59. The van der Waals surface area contributed by atoms with Crippen LogP contribution >= 0.6 is 12.4 Å². The van der Waals surface area contributed by atoms with E-state index in [1.165, 1.54) is 29.1 Å². The molecular weight excluding hydrogens is 437 g/mol. The third kappa shape index (κ3) is 4.04. The second kappa shape index (κ2) is 8.26. The summed E-state index contributed by atoms with van der Waals surface area (Å²) in [6.45, 7) is 1.84. The van der Waals surface area contributed by atoms with E-state index in [-0.39, 0.29) is 29.2 Å². The number of fused-ring (bicyclic) bond motifs is 1. The number of hydrogen-bond acceptors (Lipinski definition) is 5. The fourth-order valence-corrected chi connectivity index (χ4v) is 3.22. The van der Waals surface area contributed by atoms with Crippen molar-refractivity contribution in [3.05, 3.63) is 59.8 Å². The van der Waals surface area contributed by atoms with E-state index in [4.69, 9.17) is 0 Å². The average Bonchev–Trinajstić information content (AvgIpc) is 3.34. The summed E-state index contributed by atoms with van der Waals surface area (Å²) in [6.07, 6.45) is 1.31. The summed E-state index contributed by atoms with van der Waals surface area (Å²) in [7, 11) is 0. The SMILES string of the molecule is CCc1cc(Nc2nccn3c(-c4c[nH]nc4C(F)(F)F)cnc23)ccc1C(=O)O.Cl. The van der Waals surface area contributed by atoms with Gasteiger partial charge < -0.3 is 10.4 Å². The number of rotatable bonds is 5. The molecule has 0 aliphatic carbocycles. The number of carbonyl (C=O) groups is 1. The Kier molecular flexibility index (Phi) is 5.89. The van der Waals surface area contributed by atoms with Gasteiger partial charge in [0.15, 0.2) is 17.2 Å². The molecule has 0 unspecified atom stereocenters. The van der Waals surface area contributed by atoms with Crippen LogP contribution in [0.4, 0.5) is 24.7 Å². The average molecular weight is 453 g/mol. The summed E-state index contributed by atoms with van der Waals surface area (Å²) in [5.41, 5.74) is 0.767. The quantitative estimate of drug-likeness (QED) is 0.409. The van der Waals surface area contributed by atoms with Gasteiger partial charge in [0, 0.05) is 24.3 Å². The molecule has 8 nitrogen and oxygen atoms in total. The van der Waals surface area contributed by atoms with Crippen LogP contribution in [0.25, 0.3) is 16.9 Å². The Morgan fingerprint density at radius 2 is 2.06 bits per heavy atom. The van der Waals surface area contributed by atoms with Crippen molar-refractivity contribution in [2.45, 2.75) is 19.5 Å². The van der Waals surface area contributed by atoms with Crippen molar-refractivity contribution in [2.75, 3.05) is 5.32 Å². The lowest BCUT2D eigenvalue weighted by Crippen LogP contribution is -2.08. The first kappa shape index (κ1) is 22.1. The molecule has 0 bridgehead atoms. The van der Waals surface area contributed by atoms with Gasteiger partial charge in [0.2, 0.25) is 0 Å². The van der Waals surface area contributed by atoms with Crippen LogP contribution in [0, 0.1) is 0 Å². The number of carboxylic acid groups (broad SMARTS) is 1. The number of H-pyrrole nitrogens is 1. The topological polar surface area (TPSA) is 108 Å². The first-order valence-electron chi connectivity index (χ1n) is 8.86. The number of anilines is 2. The van der Waals surface area contributed by atoms with Gasteiger partial charge in [0.25, 0.3) is 0 Å². The minimum absolute atomic E-state index is 0. The molecule has 31 heavy (non-hydrogen) atoms. The third-order valence-electron chi connectivity index (χ3n) is 4.59. The van der Waals surface area contributed by atoms with Gasteiger partial charge in [-0.05, 0) is 30.2 Å². The van der Waals surface area contributed by atoms with Crippen molar-refractivity contribution in [3.63, 3.8) is 0 Å². The molecule has 0 fully saturated rings. The standard InChI is InChI=1S/C19H15F3N6O2.ClH/c1-2-10-7-11(3-4-12(10)18(29)30)26-16-17-24-9-14(28(17)6-5-23-16)13-8-25-27-15(13)19(20,21)22;/h3-9H,2H2,1H3,(H,23,26)(H,25,27)(H,29,30);1H. The Labute approximate surface area is 179 Å². The predicted molar refractivity (Wildman–Crippen MR) is 109 cm³/mol. The zero-order valence-corrected chi connectivity index (χ0v) is 16.8. The summed E-state index contributed by atoms with van der Waals surface area (Å²) < 4.78 is 41.1. The normalized spacial score (nSPS) is 11.4. The highest BCUT2D eigenvalue weighted by molar-refractivity contribution is 5.90. The molecule has 0 saturated carbocycles. The summed E-state index contributed by atoms with van der Waals surface area (Å²) in [5.74, 6) is -0.706. The Balaban J connectivity index is 0.00000272. The van der Waals surface area contributed by atoms with Crippen LogP contribution in [0.5, 0.6) is 0 Å². The number of nitrogens with one attached hydrogen (secondary N) is 2. The Morgan fingerprint density at radius 3 is 2.74 bits per heavy atom. The maximum absolute atomic E-state index is 13.2. The van der Waals surface area contributed by atoms with Crippen LogP contribution in [0.15, 0.2) is 43.0 Å². The maximum atomic E-state index is 13.2. The minimum atomic E-state index is -4.62. The lowest BCUT2D eigenvalue weighted by molar-refractivity contribution is -0.140. The molecule has 3 aromatic heterocycles. The van der Waals surface area contributed by atoms with Gasteiger partial charge in [-0.15, -0.1) is 12.4 Å². The number of carboxylic acids is 1. The Bertz CT molecular complexity index is 1250. The van der Waals surface area contributed by atoms with Crippen LogP contribution in [0.1, 0.15) is 28.5 Å². The number of hydrogen-bond donors (Lipinski definition) is 3. The number of aromatic nitrogens is 5. The van der Waals surface area contributed by atoms with Gasteiger partial charge in [-0.1, -0.05) is 6.92 Å². The number of aryl methyl sites for hydroxylation is 1. The Hall–Kier alpha value is -3.60. The fraction of sp³-hybridized carbons (Fsp3) is 0.158. The molecule has 3 N–H and O–H groups in total. The van der Waals surface area contributed by atoms with Crippen LogP contribution in [-0.4, -0.2) is 35.6 Å². The molecule has 0 atom stereocenters. The molecule has 12 heteroatoms. The number of alkyl halides is 3. The Morgan fingerprint density at radius 1 is 1.29 bits per heavy atom. The van der Waals surface area contributed by atoms with Gasteiger partial charge in [0.05, 0.1) is 23.0 Å².